The first-order valence-corrected chi connectivity index (χ1v) is 13.3. The van der Waals surface area contributed by atoms with Gasteiger partial charge in [0.25, 0.3) is 0 Å². The molecule has 0 radical (unpaired) electrons. The molecular weight excluding hydrogens is 538 g/mol. The van der Waals surface area contributed by atoms with Crippen molar-refractivity contribution in [2.75, 3.05) is 4.90 Å². The molecule has 0 bridgehead atoms. The van der Waals surface area contributed by atoms with E-state index in [-0.39, 0.29) is 0 Å². The van der Waals surface area contributed by atoms with Crippen LogP contribution < -0.4 is 4.90 Å². The highest BCUT2D eigenvalue weighted by Crippen LogP contribution is 2.44. The van der Waals surface area contributed by atoms with Crippen LogP contribution in [-0.2, 0) is 0 Å². The van der Waals surface area contributed by atoms with Gasteiger partial charge in [-0.1, -0.05) is 48.5 Å². The van der Waals surface area contributed by atoms with E-state index < -0.39 is 23.3 Å². The molecular formula is C36H21F4NO. The van der Waals surface area contributed by atoms with Gasteiger partial charge in [-0.05, 0) is 89.0 Å². The highest BCUT2D eigenvalue weighted by Gasteiger charge is 2.20. The maximum Gasteiger partial charge on any atom is 0.137 e. The Kier molecular flexibility index (Phi) is 6.24. The molecule has 0 amide bonds. The molecule has 0 atom stereocenters. The molecule has 0 aliphatic carbocycles. The summed E-state index contributed by atoms with van der Waals surface area (Å²) in [5, 5.41) is 1.79. The van der Waals surface area contributed by atoms with E-state index in [9.17, 15) is 17.6 Å². The van der Waals surface area contributed by atoms with Crippen molar-refractivity contribution in [2.45, 2.75) is 0 Å². The highest BCUT2D eigenvalue weighted by molar-refractivity contribution is 6.13. The van der Waals surface area contributed by atoms with Gasteiger partial charge in [0.15, 0.2) is 0 Å². The minimum atomic E-state index is -0.670. The lowest BCUT2D eigenvalue weighted by Gasteiger charge is -2.27. The van der Waals surface area contributed by atoms with Gasteiger partial charge >= 0.3 is 0 Å². The molecule has 0 aliphatic rings. The summed E-state index contributed by atoms with van der Waals surface area (Å²) in [6.07, 6.45) is 0. The van der Waals surface area contributed by atoms with Gasteiger partial charge in [-0.3, -0.25) is 0 Å². The van der Waals surface area contributed by atoms with Crippen molar-refractivity contribution in [2.24, 2.45) is 0 Å². The average molecular weight is 560 g/mol. The molecule has 0 saturated carbocycles. The Morgan fingerprint density at radius 1 is 0.429 bits per heavy atom. The molecule has 0 unspecified atom stereocenters. The van der Waals surface area contributed by atoms with E-state index in [4.69, 9.17) is 4.42 Å². The fourth-order valence-electron chi connectivity index (χ4n) is 5.46. The van der Waals surface area contributed by atoms with Crippen LogP contribution in [0.1, 0.15) is 0 Å². The van der Waals surface area contributed by atoms with Gasteiger partial charge in [0.2, 0.25) is 0 Å². The summed E-state index contributed by atoms with van der Waals surface area (Å²) in [5.41, 5.74) is 5.64. The lowest BCUT2D eigenvalue weighted by molar-refractivity contribution is 0.583. The minimum absolute atomic E-state index is 0.394. The number of fused-ring (bicyclic) bond motifs is 3. The number of benzene rings is 6. The van der Waals surface area contributed by atoms with E-state index in [1.807, 2.05) is 83.8 Å². The first kappa shape index (κ1) is 25.6. The largest absolute Gasteiger partial charge is 0.456 e. The summed E-state index contributed by atoms with van der Waals surface area (Å²) in [4.78, 5) is 2.00. The predicted molar refractivity (Wildman–Crippen MR) is 159 cm³/mol. The van der Waals surface area contributed by atoms with Crippen molar-refractivity contribution >= 4 is 39.0 Å². The number of hydrogen-bond acceptors (Lipinski definition) is 2. The third-order valence-electron chi connectivity index (χ3n) is 7.22. The molecule has 0 aliphatic heterocycles. The first-order chi connectivity index (χ1) is 20.4. The Labute approximate surface area is 238 Å². The molecule has 0 fully saturated rings. The number of anilines is 3. The summed E-state index contributed by atoms with van der Waals surface area (Å²) in [6.45, 7) is 0. The van der Waals surface area contributed by atoms with Crippen LogP contribution >= 0.6 is 0 Å². The van der Waals surface area contributed by atoms with Gasteiger partial charge in [0.1, 0.15) is 34.4 Å². The summed E-state index contributed by atoms with van der Waals surface area (Å²) >= 11 is 0. The van der Waals surface area contributed by atoms with Crippen molar-refractivity contribution < 1.29 is 22.0 Å². The van der Waals surface area contributed by atoms with Crippen LogP contribution in [-0.4, -0.2) is 0 Å². The highest BCUT2D eigenvalue weighted by atomic mass is 19.1. The van der Waals surface area contributed by atoms with Gasteiger partial charge in [-0.15, -0.1) is 0 Å². The van der Waals surface area contributed by atoms with Crippen LogP contribution in [0.4, 0.5) is 34.6 Å². The van der Waals surface area contributed by atoms with Crippen LogP contribution in [0, 0.1) is 23.3 Å². The van der Waals surface area contributed by atoms with E-state index >= 15 is 0 Å². The Morgan fingerprint density at radius 3 is 1.50 bits per heavy atom. The number of nitrogens with zero attached hydrogens (tertiary/aromatic N) is 1. The van der Waals surface area contributed by atoms with Crippen molar-refractivity contribution in [3.05, 3.63) is 151 Å². The topological polar surface area (TPSA) is 16.4 Å². The second-order valence-corrected chi connectivity index (χ2v) is 10.0. The van der Waals surface area contributed by atoms with Gasteiger partial charge in [-0.2, -0.15) is 0 Å². The second-order valence-electron chi connectivity index (χ2n) is 10.0. The molecule has 0 saturated heterocycles. The van der Waals surface area contributed by atoms with E-state index in [2.05, 4.69) is 0 Å². The lowest BCUT2D eigenvalue weighted by Crippen LogP contribution is -2.10. The minimum Gasteiger partial charge on any atom is -0.456 e. The van der Waals surface area contributed by atoms with Crippen LogP contribution in [0.2, 0.25) is 0 Å². The molecule has 0 spiro atoms. The summed E-state index contributed by atoms with van der Waals surface area (Å²) in [5.74, 6) is -2.68. The summed E-state index contributed by atoms with van der Waals surface area (Å²) < 4.78 is 62.7. The molecule has 1 heterocycles. The summed E-state index contributed by atoms with van der Waals surface area (Å²) in [6, 6.07) is 35.0. The Morgan fingerprint density at radius 2 is 0.929 bits per heavy atom. The molecule has 204 valence electrons. The molecule has 6 heteroatoms. The maximum atomic E-state index is 14.1. The third-order valence-corrected chi connectivity index (χ3v) is 7.22. The zero-order valence-corrected chi connectivity index (χ0v) is 22.0. The second kappa shape index (κ2) is 10.2. The van der Waals surface area contributed by atoms with Crippen LogP contribution in [0.15, 0.2) is 132 Å². The molecule has 7 aromatic rings. The zero-order chi connectivity index (χ0) is 28.8. The lowest BCUT2D eigenvalue weighted by atomic mass is 10.0. The van der Waals surface area contributed by atoms with E-state index in [0.717, 1.165) is 34.2 Å². The van der Waals surface area contributed by atoms with Crippen molar-refractivity contribution in [1.82, 2.24) is 0 Å². The number of halogens is 4. The predicted octanol–water partition coefficient (Wildman–Crippen LogP) is 10.9. The number of furan rings is 1. The molecule has 42 heavy (non-hydrogen) atoms. The number of hydrogen-bond donors (Lipinski definition) is 0. The molecule has 6 aromatic carbocycles. The standard InChI is InChI=1S/C36H21F4NO/c37-26-14-24(15-27(38)20-26)22-6-3-8-30(18-22)41(31-9-4-7-23(19-31)25-16-28(39)21-29(40)17-25)33-11-5-13-35-36(33)32-10-1-2-12-34(32)42-35/h1-21H. The van der Waals surface area contributed by atoms with Crippen LogP contribution in [0.5, 0.6) is 0 Å². The van der Waals surface area contributed by atoms with Crippen LogP contribution in [0.3, 0.4) is 0 Å². The summed E-state index contributed by atoms with van der Waals surface area (Å²) in [7, 11) is 0. The Balaban J connectivity index is 1.48. The average Bonchev–Trinajstić information content (AvgIpc) is 3.36. The number of rotatable bonds is 5. The maximum absolute atomic E-state index is 14.1. The van der Waals surface area contributed by atoms with Gasteiger partial charge < -0.3 is 9.32 Å². The normalized spacial score (nSPS) is 11.3. The zero-order valence-electron chi connectivity index (χ0n) is 22.0. The van der Waals surface area contributed by atoms with Crippen molar-refractivity contribution in [1.29, 1.82) is 0 Å². The molecule has 0 N–H and O–H groups in total. The molecule has 1 aromatic heterocycles. The smallest absolute Gasteiger partial charge is 0.137 e. The Hall–Kier alpha value is -5.36. The van der Waals surface area contributed by atoms with Crippen molar-refractivity contribution in [3.63, 3.8) is 0 Å². The van der Waals surface area contributed by atoms with E-state index in [1.165, 1.54) is 24.3 Å². The van der Waals surface area contributed by atoms with Crippen LogP contribution in [0.25, 0.3) is 44.2 Å². The quantitative estimate of drug-likeness (QED) is 0.195. The first-order valence-electron chi connectivity index (χ1n) is 13.3. The van der Waals surface area contributed by atoms with Gasteiger partial charge in [0, 0.05) is 28.9 Å². The van der Waals surface area contributed by atoms with Crippen molar-refractivity contribution in [3.8, 4) is 22.3 Å². The number of para-hydroxylation sites is 1. The fourth-order valence-corrected chi connectivity index (χ4v) is 5.46. The van der Waals surface area contributed by atoms with E-state index in [0.29, 0.717) is 39.2 Å². The third kappa shape index (κ3) is 4.67. The molecule has 2 nitrogen and oxygen atoms in total. The monoisotopic (exact) mass is 559 g/mol. The SMILES string of the molecule is Fc1cc(F)cc(-c2cccc(N(c3cccc(-c4cc(F)cc(F)c4)c3)c3cccc4oc5ccccc5c34)c2)c1. The fraction of sp³-hybridized carbons (Fsp3) is 0. The molecule has 7 rings (SSSR count). The van der Waals surface area contributed by atoms with Gasteiger partial charge in [-0.25, -0.2) is 17.6 Å². The van der Waals surface area contributed by atoms with E-state index in [1.54, 1.807) is 12.1 Å². The Bertz CT molecular complexity index is 1980. The van der Waals surface area contributed by atoms with Gasteiger partial charge in [0.05, 0.1) is 11.1 Å².